The van der Waals surface area contributed by atoms with Crippen molar-refractivity contribution < 1.29 is 5.11 Å². The molecule has 0 aromatic heterocycles. The van der Waals surface area contributed by atoms with Gasteiger partial charge >= 0.3 is 0 Å². The minimum absolute atomic E-state index is 0.186. The van der Waals surface area contributed by atoms with E-state index in [1.165, 1.54) is 11.3 Å². The molecule has 2 N–H and O–H groups in total. The summed E-state index contributed by atoms with van der Waals surface area (Å²) < 4.78 is 1.11. The van der Waals surface area contributed by atoms with E-state index < -0.39 is 0 Å². The summed E-state index contributed by atoms with van der Waals surface area (Å²) in [5.74, 6) is 0. The first-order valence-electron chi connectivity index (χ1n) is 6.63. The molecule has 1 fully saturated rings. The van der Waals surface area contributed by atoms with Crippen LogP contribution < -0.4 is 10.2 Å². The van der Waals surface area contributed by atoms with Crippen molar-refractivity contribution in [2.75, 3.05) is 24.5 Å². The topological polar surface area (TPSA) is 35.5 Å². The van der Waals surface area contributed by atoms with Crippen molar-refractivity contribution in [1.82, 2.24) is 5.32 Å². The Bertz CT molecular complexity index is 397. The van der Waals surface area contributed by atoms with E-state index in [0.717, 1.165) is 43.5 Å². The zero-order chi connectivity index (χ0) is 13.0. The number of nitrogens with one attached hydrogen (secondary N) is 1. The number of β-amino-alcohol motifs (C(OH)–C–C–N with tert-alkyl or cyclic N) is 1. The average Bonchev–Trinajstić information content (AvgIpc) is 2.36. The van der Waals surface area contributed by atoms with Crippen LogP contribution in [0.15, 0.2) is 22.7 Å². The normalized spacial score (nSPS) is 20.2. The monoisotopic (exact) mass is 312 g/mol. The summed E-state index contributed by atoms with van der Waals surface area (Å²) in [6.07, 6.45) is 1.81. The molecular weight excluding hydrogens is 292 g/mol. The summed E-state index contributed by atoms with van der Waals surface area (Å²) in [7, 11) is 0. The maximum absolute atomic E-state index is 9.80. The van der Waals surface area contributed by atoms with E-state index >= 15 is 0 Å². The second kappa shape index (κ2) is 6.55. The smallest absolute Gasteiger partial charge is 0.0715 e. The van der Waals surface area contributed by atoms with Crippen molar-refractivity contribution in [2.24, 2.45) is 0 Å². The number of halogens is 1. The molecule has 3 nitrogen and oxygen atoms in total. The van der Waals surface area contributed by atoms with Crippen molar-refractivity contribution in [3.8, 4) is 0 Å². The van der Waals surface area contributed by atoms with Crippen molar-refractivity contribution in [1.29, 1.82) is 0 Å². The van der Waals surface area contributed by atoms with Gasteiger partial charge < -0.3 is 15.3 Å². The number of aliphatic hydroxyl groups excluding tert-OH is 1. The SMILES string of the molecule is CCNCc1cc(Br)ccc1N1CCCC(O)C1. The van der Waals surface area contributed by atoms with Crippen LogP contribution in [0.3, 0.4) is 0 Å². The largest absolute Gasteiger partial charge is 0.391 e. The molecule has 4 heteroatoms. The first-order chi connectivity index (χ1) is 8.70. The summed E-state index contributed by atoms with van der Waals surface area (Å²) in [5, 5.41) is 13.2. The van der Waals surface area contributed by atoms with Gasteiger partial charge in [-0.05, 0) is 43.1 Å². The van der Waals surface area contributed by atoms with Crippen molar-refractivity contribution in [2.45, 2.75) is 32.4 Å². The number of hydrogen-bond donors (Lipinski definition) is 2. The van der Waals surface area contributed by atoms with E-state index in [1.807, 2.05) is 0 Å². The van der Waals surface area contributed by atoms with Crippen LogP contribution in [0, 0.1) is 0 Å². The lowest BCUT2D eigenvalue weighted by Gasteiger charge is -2.33. The molecule has 1 unspecified atom stereocenters. The third kappa shape index (κ3) is 3.46. The van der Waals surface area contributed by atoms with Crippen molar-refractivity contribution in [3.05, 3.63) is 28.2 Å². The lowest BCUT2D eigenvalue weighted by molar-refractivity contribution is 0.154. The molecule has 18 heavy (non-hydrogen) atoms. The third-order valence-electron chi connectivity index (χ3n) is 3.34. The standard InChI is InChI=1S/C14H21BrN2O/c1-2-16-9-11-8-12(15)5-6-14(11)17-7-3-4-13(18)10-17/h5-6,8,13,16,18H,2-4,7,9-10H2,1H3. The molecule has 1 aromatic carbocycles. The Hall–Kier alpha value is -0.580. The van der Waals surface area contributed by atoms with E-state index in [9.17, 15) is 5.11 Å². The maximum Gasteiger partial charge on any atom is 0.0715 e. The molecular formula is C14H21BrN2O. The van der Waals surface area contributed by atoms with Gasteiger partial charge in [0.2, 0.25) is 0 Å². The van der Waals surface area contributed by atoms with Gasteiger partial charge in [-0.1, -0.05) is 22.9 Å². The fourth-order valence-electron chi connectivity index (χ4n) is 2.44. The van der Waals surface area contributed by atoms with Crippen LogP contribution in [-0.2, 0) is 6.54 Å². The number of piperidine rings is 1. The quantitative estimate of drug-likeness (QED) is 0.897. The van der Waals surface area contributed by atoms with Gasteiger partial charge in [-0.25, -0.2) is 0 Å². The van der Waals surface area contributed by atoms with Gasteiger partial charge in [0, 0.05) is 29.8 Å². The molecule has 1 saturated heterocycles. The molecule has 0 radical (unpaired) electrons. The van der Waals surface area contributed by atoms with Gasteiger partial charge in [-0.3, -0.25) is 0 Å². The highest BCUT2D eigenvalue weighted by Gasteiger charge is 2.19. The third-order valence-corrected chi connectivity index (χ3v) is 3.84. The fraction of sp³-hybridized carbons (Fsp3) is 0.571. The predicted molar refractivity (Wildman–Crippen MR) is 79.0 cm³/mol. The molecule has 0 bridgehead atoms. The van der Waals surface area contributed by atoms with Crippen LogP contribution in [0.25, 0.3) is 0 Å². The molecule has 1 aromatic rings. The van der Waals surface area contributed by atoms with E-state index in [2.05, 4.69) is 51.3 Å². The van der Waals surface area contributed by atoms with Gasteiger partial charge in [0.25, 0.3) is 0 Å². The van der Waals surface area contributed by atoms with Crippen LogP contribution in [-0.4, -0.2) is 30.8 Å². The molecule has 0 aliphatic carbocycles. The molecule has 1 aliphatic heterocycles. The van der Waals surface area contributed by atoms with E-state index in [4.69, 9.17) is 0 Å². The number of anilines is 1. The first-order valence-corrected chi connectivity index (χ1v) is 7.42. The van der Waals surface area contributed by atoms with E-state index in [-0.39, 0.29) is 6.10 Å². The lowest BCUT2D eigenvalue weighted by Crippen LogP contribution is -2.39. The van der Waals surface area contributed by atoms with Crippen LogP contribution in [0.5, 0.6) is 0 Å². The van der Waals surface area contributed by atoms with Gasteiger partial charge in [-0.15, -0.1) is 0 Å². The van der Waals surface area contributed by atoms with Crippen LogP contribution >= 0.6 is 15.9 Å². The van der Waals surface area contributed by atoms with Crippen LogP contribution in [0.1, 0.15) is 25.3 Å². The number of rotatable bonds is 4. The fourth-order valence-corrected chi connectivity index (χ4v) is 2.85. The Kier molecular flexibility index (Phi) is 5.03. The lowest BCUT2D eigenvalue weighted by atomic mass is 10.1. The first kappa shape index (κ1) is 13.8. The average molecular weight is 313 g/mol. The molecule has 2 rings (SSSR count). The highest BCUT2D eigenvalue weighted by atomic mass is 79.9. The second-order valence-corrected chi connectivity index (χ2v) is 5.71. The molecule has 1 atom stereocenters. The summed E-state index contributed by atoms with van der Waals surface area (Å²) in [6.45, 7) is 5.74. The zero-order valence-corrected chi connectivity index (χ0v) is 12.4. The van der Waals surface area contributed by atoms with Gasteiger partial charge in [0.05, 0.1) is 6.10 Å². The maximum atomic E-state index is 9.80. The zero-order valence-electron chi connectivity index (χ0n) is 10.8. The highest BCUT2D eigenvalue weighted by molar-refractivity contribution is 9.10. The van der Waals surface area contributed by atoms with Crippen molar-refractivity contribution in [3.63, 3.8) is 0 Å². The summed E-state index contributed by atoms with van der Waals surface area (Å²) in [6, 6.07) is 6.39. The molecule has 100 valence electrons. The Morgan fingerprint density at radius 1 is 1.50 bits per heavy atom. The summed E-state index contributed by atoms with van der Waals surface area (Å²) in [5.41, 5.74) is 2.54. The van der Waals surface area contributed by atoms with Gasteiger partial charge in [-0.2, -0.15) is 0 Å². The van der Waals surface area contributed by atoms with Crippen LogP contribution in [0.4, 0.5) is 5.69 Å². The number of aliphatic hydroxyl groups is 1. The molecule has 0 spiro atoms. The highest BCUT2D eigenvalue weighted by Crippen LogP contribution is 2.27. The van der Waals surface area contributed by atoms with E-state index in [1.54, 1.807) is 0 Å². The number of benzene rings is 1. The summed E-state index contributed by atoms with van der Waals surface area (Å²) in [4.78, 5) is 2.30. The molecule has 1 heterocycles. The minimum atomic E-state index is -0.186. The Morgan fingerprint density at radius 3 is 3.06 bits per heavy atom. The van der Waals surface area contributed by atoms with Crippen molar-refractivity contribution >= 4 is 21.6 Å². The second-order valence-electron chi connectivity index (χ2n) is 4.80. The summed E-state index contributed by atoms with van der Waals surface area (Å²) >= 11 is 3.53. The molecule has 1 aliphatic rings. The Labute approximate surface area is 117 Å². The minimum Gasteiger partial charge on any atom is -0.391 e. The molecule has 0 amide bonds. The van der Waals surface area contributed by atoms with Gasteiger partial charge in [0.15, 0.2) is 0 Å². The Balaban J connectivity index is 2.19. The number of hydrogen-bond acceptors (Lipinski definition) is 3. The number of nitrogens with zero attached hydrogens (tertiary/aromatic N) is 1. The predicted octanol–water partition coefficient (Wildman–Crippen LogP) is 2.52. The Morgan fingerprint density at radius 2 is 2.33 bits per heavy atom. The van der Waals surface area contributed by atoms with E-state index in [0.29, 0.717) is 0 Å². The molecule has 0 saturated carbocycles. The van der Waals surface area contributed by atoms with Gasteiger partial charge in [0.1, 0.15) is 0 Å². The van der Waals surface area contributed by atoms with Crippen LogP contribution in [0.2, 0.25) is 0 Å².